The Morgan fingerprint density at radius 3 is 2.16 bits per heavy atom. The van der Waals surface area contributed by atoms with Crippen LogP contribution >= 0.6 is 0 Å². The molecule has 2 amide bonds. The van der Waals surface area contributed by atoms with E-state index in [2.05, 4.69) is 45.9 Å². The minimum atomic E-state index is 0.0785. The zero-order valence-corrected chi connectivity index (χ0v) is 16.4. The van der Waals surface area contributed by atoms with E-state index in [9.17, 15) is 9.59 Å². The molecular formula is C21H32N2O2. The summed E-state index contributed by atoms with van der Waals surface area (Å²) in [7, 11) is 0. The molecule has 4 nitrogen and oxygen atoms in total. The van der Waals surface area contributed by atoms with Crippen LogP contribution in [0.4, 0.5) is 0 Å². The van der Waals surface area contributed by atoms with Crippen LogP contribution in [0.15, 0.2) is 18.2 Å². The Hall–Kier alpha value is -1.84. The number of rotatable bonds is 3. The molecule has 0 saturated carbocycles. The van der Waals surface area contributed by atoms with Crippen molar-refractivity contribution in [1.29, 1.82) is 0 Å². The number of hydrogen-bond donors (Lipinski definition) is 0. The predicted octanol–water partition coefficient (Wildman–Crippen LogP) is 3.31. The minimum Gasteiger partial charge on any atom is -0.341 e. The molecular weight excluding hydrogens is 312 g/mol. The van der Waals surface area contributed by atoms with Gasteiger partial charge in [0.25, 0.3) is 0 Å². The summed E-state index contributed by atoms with van der Waals surface area (Å²) in [5.74, 6) is 0.350. The van der Waals surface area contributed by atoms with E-state index >= 15 is 0 Å². The first-order valence-corrected chi connectivity index (χ1v) is 9.38. The van der Waals surface area contributed by atoms with E-state index in [1.165, 1.54) is 11.1 Å². The molecule has 2 rings (SSSR count). The molecule has 1 aromatic rings. The summed E-state index contributed by atoms with van der Waals surface area (Å²) in [4.78, 5) is 28.5. The molecule has 0 N–H and O–H groups in total. The van der Waals surface area contributed by atoms with Crippen molar-refractivity contribution >= 4 is 11.8 Å². The van der Waals surface area contributed by atoms with Gasteiger partial charge < -0.3 is 9.80 Å². The fourth-order valence-corrected chi connectivity index (χ4v) is 3.24. The zero-order valence-electron chi connectivity index (χ0n) is 16.4. The van der Waals surface area contributed by atoms with Crippen molar-refractivity contribution in [3.63, 3.8) is 0 Å². The highest BCUT2D eigenvalue weighted by Gasteiger charge is 2.22. The van der Waals surface area contributed by atoms with Crippen LogP contribution in [-0.4, -0.2) is 47.8 Å². The molecule has 0 aliphatic carbocycles. The zero-order chi connectivity index (χ0) is 18.6. The standard InChI is InChI=1S/C21H32N2O2/c1-6-19(24)22-10-7-11-23(13-12-22)20(25)15-17-14-18(21(3,4)5)9-8-16(17)2/h8-9,14H,6-7,10-13,15H2,1-5H3. The average molecular weight is 344 g/mol. The van der Waals surface area contributed by atoms with Crippen LogP contribution in [-0.2, 0) is 21.4 Å². The second-order valence-electron chi connectivity index (χ2n) is 8.04. The number of carbonyl (C=O) groups is 2. The Balaban J connectivity index is 2.06. The van der Waals surface area contributed by atoms with Gasteiger partial charge in [0.2, 0.25) is 11.8 Å². The maximum Gasteiger partial charge on any atom is 0.227 e. The van der Waals surface area contributed by atoms with E-state index in [4.69, 9.17) is 0 Å². The minimum absolute atomic E-state index is 0.0785. The van der Waals surface area contributed by atoms with Crippen LogP contribution in [0.5, 0.6) is 0 Å². The molecule has 0 unspecified atom stereocenters. The van der Waals surface area contributed by atoms with Gasteiger partial charge in [0.15, 0.2) is 0 Å². The Kier molecular flexibility index (Phi) is 6.26. The maximum atomic E-state index is 12.8. The van der Waals surface area contributed by atoms with Crippen molar-refractivity contribution in [3.05, 3.63) is 34.9 Å². The molecule has 0 spiro atoms. The summed E-state index contributed by atoms with van der Waals surface area (Å²) in [6, 6.07) is 6.45. The molecule has 1 aromatic carbocycles. The Morgan fingerprint density at radius 2 is 1.60 bits per heavy atom. The first kappa shape index (κ1) is 19.5. The fraction of sp³-hybridized carbons (Fsp3) is 0.619. The van der Waals surface area contributed by atoms with Gasteiger partial charge in [-0.05, 0) is 35.4 Å². The molecule has 1 fully saturated rings. The number of nitrogens with zero attached hydrogens (tertiary/aromatic N) is 2. The van der Waals surface area contributed by atoms with Crippen LogP contribution in [0.2, 0.25) is 0 Å². The van der Waals surface area contributed by atoms with E-state index < -0.39 is 0 Å². The third-order valence-electron chi connectivity index (χ3n) is 5.06. The molecule has 138 valence electrons. The maximum absolute atomic E-state index is 12.8. The Labute approximate surface area is 152 Å². The summed E-state index contributed by atoms with van der Waals surface area (Å²) < 4.78 is 0. The molecule has 0 bridgehead atoms. The lowest BCUT2D eigenvalue weighted by atomic mass is 9.85. The van der Waals surface area contributed by atoms with E-state index in [-0.39, 0.29) is 17.2 Å². The molecule has 0 radical (unpaired) electrons. The van der Waals surface area contributed by atoms with Crippen molar-refractivity contribution in [3.8, 4) is 0 Å². The SMILES string of the molecule is CCC(=O)N1CCCN(C(=O)Cc2cc(C(C)(C)C)ccc2C)CC1. The van der Waals surface area contributed by atoms with Crippen LogP contribution in [0.3, 0.4) is 0 Å². The van der Waals surface area contributed by atoms with Crippen LogP contribution < -0.4 is 0 Å². The summed E-state index contributed by atoms with van der Waals surface area (Å²) >= 11 is 0. The highest BCUT2D eigenvalue weighted by Crippen LogP contribution is 2.25. The van der Waals surface area contributed by atoms with Crippen LogP contribution in [0.1, 0.15) is 57.2 Å². The van der Waals surface area contributed by atoms with Crippen molar-refractivity contribution in [2.75, 3.05) is 26.2 Å². The molecule has 4 heteroatoms. The highest BCUT2D eigenvalue weighted by atomic mass is 16.2. The van der Waals surface area contributed by atoms with Gasteiger partial charge in [-0.3, -0.25) is 9.59 Å². The molecule has 1 saturated heterocycles. The monoisotopic (exact) mass is 344 g/mol. The lowest BCUT2D eigenvalue weighted by Gasteiger charge is -2.24. The second kappa shape index (κ2) is 8.03. The fourth-order valence-electron chi connectivity index (χ4n) is 3.24. The third kappa shape index (κ3) is 5.07. The molecule has 1 aliphatic rings. The number of hydrogen-bond acceptors (Lipinski definition) is 2. The first-order valence-electron chi connectivity index (χ1n) is 9.38. The largest absolute Gasteiger partial charge is 0.341 e. The van der Waals surface area contributed by atoms with Crippen molar-refractivity contribution < 1.29 is 9.59 Å². The van der Waals surface area contributed by atoms with Crippen LogP contribution in [0.25, 0.3) is 0 Å². The van der Waals surface area contributed by atoms with Gasteiger partial charge in [0, 0.05) is 32.6 Å². The van der Waals surface area contributed by atoms with E-state index in [0.29, 0.717) is 25.9 Å². The second-order valence-corrected chi connectivity index (χ2v) is 8.04. The molecule has 0 aromatic heterocycles. The van der Waals surface area contributed by atoms with Gasteiger partial charge in [0.1, 0.15) is 0 Å². The third-order valence-corrected chi connectivity index (χ3v) is 5.06. The number of carbonyl (C=O) groups excluding carboxylic acids is 2. The molecule has 1 heterocycles. The topological polar surface area (TPSA) is 40.6 Å². The average Bonchev–Trinajstić information content (AvgIpc) is 2.81. The van der Waals surface area contributed by atoms with Gasteiger partial charge in [-0.25, -0.2) is 0 Å². The molecule has 0 atom stereocenters. The highest BCUT2D eigenvalue weighted by molar-refractivity contribution is 5.80. The molecule has 1 aliphatic heterocycles. The predicted molar refractivity (Wildman–Crippen MR) is 102 cm³/mol. The van der Waals surface area contributed by atoms with E-state index in [0.717, 1.165) is 25.1 Å². The van der Waals surface area contributed by atoms with Crippen LogP contribution in [0, 0.1) is 6.92 Å². The summed E-state index contributed by atoms with van der Waals surface area (Å²) in [6.07, 6.45) is 1.84. The summed E-state index contributed by atoms with van der Waals surface area (Å²) in [5, 5.41) is 0. The van der Waals surface area contributed by atoms with E-state index in [1.54, 1.807) is 0 Å². The Bertz CT molecular complexity index is 631. The summed E-state index contributed by atoms with van der Waals surface area (Å²) in [5.41, 5.74) is 3.62. The van der Waals surface area contributed by atoms with Gasteiger partial charge in [-0.1, -0.05) is 45.9 Å². The van der Waals surface area contributed by atoms with Crippen molar-refractivity contribution in [2.45, 2.75) is 59.3 Å². The van der Waals surface area contributed by atoms with Gasteiger partial charge in [0.05, 0.1) is 6.42 Å². The quantitative estimate of drug-likeness (QED) is 0.844. The van der Waals surface area contributed by atoms with Gasteiger partial charge in [-0.15, -0.1) is 0 Å². The van der Waals surface area contributed by atoms with Gasteiger partial charge >= 0.3 is 0 Å². The molecule has 25 heavy (non-hydrogen) atoms. The normalized spacial score (nSPS) is 15.9. The number of benzene rings is 1. The van der Waals surface area contributed by atoms with Crippen molar-refractivity contribution in [2.24, 2.45) is 0 Å². The van der Waals surface area contributed by atoms with Gasteiger partial charge in [-0.2, -0.15) is 0 Å². The lowest BCUT2D eigenvalue weighted by Crippen LogP contribution is -2.37. The lowest BCUT2D eigenvalue weighted by molar-refractivity contribution is -0.133. The Morgan fingerprint density at radius 1 is 1.00 bits per heavy atom. The number of aryl methyl sites for hydroxylation is 1. The summed E-state index contributed by atoms with van der Waals surface area (Å²) in [6.45, 7) is 13.3. The number of amides is 2. The smallest absolute Gasteiger partial charge is 0.227 e. The first-order chi connectivity index (χ1) is 11.7. The van der Waals surface area contributed by atoms with E-state index in [1.807, 2.05) is 16.7 Å². The van der Waals surface area contributed by atoms with Crippen molar-refractivity contribution in [1.82, 2.24) is 9.80 Å².